The van der Waals surface area contributed by atoms with Gasteiger partial charge in [0.25, 0.3) is 5.91 Å². The number of unbranched alkanes of at least 4 members (excludes halogenated alkanes) is 1. The first-order valence-corrected chi connectivity index (χ1v) is 5.55. The summed E-state index contributed by atoms with van der Waals surface area (Å²) < 4.78 is 1.95. The number of aromatic nitrogens is 1. The van der Waals surface area contributed by atoms with Gasteiger partial charge in [-0.3, -0.25) is 4.79 Å². The number of rotatable bonds is 5. The van der Waals surface area contributed by atoms with Crippen molar-refractivity contribution in [3.63, 3.8) is 0 Å². The maximum absolute atomic E-state index is 11.8. The molecule has 0 spiro atoms. The zero-order chi connectivity index (χ0) is 12.0. The third kappa shape index (κ3) is 3.16. The minimum Gasteiger partial charge on any atom is -0.351 e. The highest BCUT2D eigenvalue weighted by Crippen LogP contribution is 2.10. The van der Waals surface area contributed by atoms with Crippen molar-refractivity contribution in [2.75, 3.05) is 6.54 Å². The van der Waals surface area contributed by atoms with Gasteiger partial charge in [0.05, 0.1) is 0 Å². The quantitative estimate of drug-likeness (QED) is 0.596. The molecule has 0 saturated heterocycles. The molecule has 0 radical (unpaired) electrons. The third-order valence-corrected chi connectivity index (χ3v) is 2.35. The largest absolute Gasteiger partial charge is 0.351 e. The molecule has 1 aromatic heterocycles. The summed E-state index contributed by atoms with van der Waals surface area (Å²) in [7, 11) is 0. The highest BCUT2D eigenvalue weighted by atomic mass is 16.1. The average Bonchev–Trinajstić information content (AvgIpc) is 2.73. The minimum atomic E-state index is -0.0317. The molecular weight excluding hydrogens is 200 g/mol. The Morgan fingerprint density at radius 3 is 3.00 bits per heavy atom. The highest BCUT2D eigenvalue weighted by Gasteiger charge is 2.11. The van der Waals surface area contributed by atoms with E-state index in [4.69, 9.17) is 6.42 Å². The second-order valence-electron chi connectivity index (χ2n) is 3.96. The second-order valence-corrected chi connectivity index (χ2v) is 3.96. The Bertz CT molecular complexity index is 385. The summed E-state index contributed by atoms with van der Waals surface area (Å²) in [6, 6.07) is 4.01. The lowest BCUT2D eigenvalue weighted by Gasteiger charge is -2.12. The molecule has 3 heteroatoms. The Balaban J connectivity index is 2.53. The molecule has 0 fully saturated rings. The number of terminal acetylenes is 1. The van der Waals surface area contributed by atoms with E-state index in [2.05, 4.69) is 25.1 Å². The average molecular weight is 218 g/mol. The summed E-state index contributed by atoms with van der Waals surface area (Å²) in [5, 5.41) is 2.86. The SMILES string of the molecule is C#CCCCNC(=O)c1cccn1C(C)C. The Morgan fingerprint density at radius 2 is 2.38 bits per heavy atom. The lowest BCUT2D eigenvalue weighted by molar-refractivity contribution is 0.0942. The molecule has 1 heterocycles. The fourth-order valence-electron chi connectivity index (χ4n) is 1.52. The van der Waals surface area contributed by atoms with Gasteiger partial charge in [-0.25, -0.2) is 0 Å². The molecule has 1 N–H and O–H groups in total. The first kappa shape index (κ1) is 12.4. The zero-order valence-electron chi connectivity index (χ0n) is 9.86. The number of hydrogen-bond acceptors (Lipinski definition) is 1. The summed E-state index contributed by atoms with van der Waals surface area (Å²) in [5.41, 5.74) is 0.704. The van der Waals surface area contributed by atoms with Crippen molar-refractivity contribution in [2.45, 2.75) is 32.7 Å². The van der Waals surface area contributed by atoms with Crippen molar-refractivity contribution in [1.29, 1.82) is 0 Å². The van der Waals surface area contributed by atoms with Crippen LogP contribution in [0.1, 0.15) is 43.2 Å². The van der Waals surface area contributed by atoms with E-state index in [0.29, 0.717) is 24.7 Å². The van der Waals surface area contributed by atoms with Gasteiger partial charge in [0, 0.05) is 25.2 Å². The fraction of sp³-hybridized carbons (Fsp3) is 0.462. The van der Waals surface area contributed by atoms with Crippen LogP contribution in [0.4, 0.5) is 0 Å². The van der Waals surface area contributed by atoms with Gasteiger partial charge in [0.1, 0.15) is 5.69 Å². The molecule has 16 heavy (non-hydrogen) atoms. The van der Waals surface area contributed by atoms with Crippen LogP contribution in [0, 0.1) is 12.3 Å². The predicted octanol–water partition coefficient (Wildman–Crippen LogP) is 2.21. The summed E-state index contributed by atoms with van der Waals surface area (Å²) in [5.74, 6) is 2.52. The molecule has 0 saturated carbocycles. The van der Waals surface area contributed by atoms with E-state index in [9.17, 15) is 4.79 Å². The Kier molecular flexibility index (Phi) is 4.65. The maximum Gasteiger partial charge on any atom is 0.267 e. The number of carbonyl (C=O) groups excluding carboxylic acids is 1. The van der Waals surface area contributed by atoms with Crippen molar-refractivity contribution >= 4 is 5.91 Å². The van der Waals surface area contributed by atoms with Gasteiger partial charge in [-0.05, 0) is 32.4 Å². The summed E-state index contributed by atoms with van der Waals surface area (Å²) >= 11 is 0. The fourth-order valence-corrected chi connectivity index (χ4v) is 1.52. The number of nitrogens with one attached hydrogen (secondary N) is 1. The van der Waals surface area contributed by atoms with Crippen LogP contribution < -0.4 is 5.32 Å². The summed E-state index contributed by atoms with van der Waals surface area (Å²) in [4.78, 5) is 11.8. The molecular formula is C13H18N2O. The van der Waals surface area contributed by atoms with Crippen LogP contribution in [0.3, 0.4) is 0 Å². The molecule has 86 valence electrons. The number of amides is 1. The summed E-state index contributed by atoms with van der Waals surface area (Å²) in [6.07, 6.45) is 8.58. The van der Waals surface area contributed by atoms with E-state index in [-0.39, 0.29) is 5.91 Å². The Morgan fingerprint density at radius 1 is 1.62 bits per heavy atom. The van der Waals surface area contributed by atoms with Crippen molar-refractivity contribution in [3.8, 4) is 12.3 Å². The molecule has 0 aromatic carbocycles. The van der Waals surface area contributed by atoms with Crippen LogP contribution in [0.25, 0.3) is 0 Å². The van der Waals surface area contributed by atoms with Crippen molar-refractivity contribution in [1.82, 2.24) is 9.88 Å². The number of carbonyl (C=O) groups is 1. The first-order chi connectivity index (χ1) is 7.66. The van der Waals surface area contributed by atoms with Crippen molar-refractivity contribution in [3.05, 3.63) is 24.0 Å². The third-order valence-electron chi connectivity index (χ3n) is 2.35. The van der Waals surface area contributed by atoms with Gasteiger partial charge >= 0.3 is 0 Å². The van der Waals surface area contributed by atoms with Crippen LogP contribution >= 0.6 is 0 Å². The minimum absolute atomic E-state index is 0.0317. The highest BCUT2D eigenvalue weighted by molar-refractivity contribution is 5.92. The van der Waals surface area contributed by atoms with Gasteiger partial charge in [0.2, 0.25) is 0 Å². The molecule has 3 nitrogen and oxygen atoms in total. The van der Waals surface area contributed by atoms with Crippen LogP contribution in [0.2, 0.25) is 0 Å². The van der Waals surface area contributed by atoms with Gasteiger partial charge in [-0.15, -0.1) is 12.3 Å². The molecule has 0 atom stereocenters. The van der Waals surface area contributed by atoms with Crippen LogP contribution in [0.5, 0.6) is 0 Å². The van der Waals surface area contributed by atoms with Crippen molar-refractivity contribution < 1.29 is 4.79 Å². The molecule has 1 aromatic rings. The smallest absolute Gasteiger partial charge is 0.267 e. The molecule has 0 bridgehead atoms. The lowest BCUT2D eigenvalue weighted by Crippen LogP contribution is -2.27. The lowest BCUT2D eigenvalue weighted by atomic mass is 10.3. The number of hydrogen-bond donors (Lipinski definition) is 1. The maximum atomic E-state index is 11.8. The molecule has 0 unspecified atom stereocenters. The normalized spacial score (nSPS) is 10.1. The topological polar surface area (TPSA) is 34.0 Å². The van der Waals surface area contributed by atoms with E-state index >= 15 is 0 Å². The molecule has 1 amide bonds. The standard InChI is InChI=1S/C13H18N2O/c1-4-5-6-9-14-13(16)12-8-7-10-15(12)11(2)3/h1,7-8,10-11H,5-6,9H2,2-3H3,(H,14,16). The zero-order valence-corrected chi connectivity index (χ0v) is 9.86. The first-order valence-electron chi connectivity index (χ1n) is 5.55. The van der Waals surface area contributed by atoms with E-state index in [0.717, 1.165) is 6.42 Å². The monoisotopic (exact) mass is 218 g/mol. The molecule has 0 aliphatic heterocycles. The van der Waals surface area contributed by atoms with Gasteiger partial charge in [0.15, 0.2) is 0 Å². The molecule has 1 rings (SSSR count). The molecule has 0 aliphatic carbocycles. The van der Waals surface area contributed by atoms with E-state index < -0.39 is 0 Å². The predicted molar refractivity (Wildman–Crippen MR) is 65.2 cm³/mol. The number of nitrogens with zero attached hydrogens (tertiary/aromatic N) is 1. The van der Waals surface area contributed by atoms with E-state index in [1.165, 1.54) is 0 Å². The van der Waals surface area contributed by atoms with Crippen LogP contribution in [0.15, 0.2) is 18.3 Å². The van der Waals surface area contributed by atoms with Gasteiger partial charge in [-0.2, -0.15) is 0 Å². The van der Waals surface area contributed by atoms with Crippen LogP contribution in [-0.2, 0) is 0 Å². The van der Waals surface area contributed by atoms with Crippen molar-refractivity contribution in [2.24, 2.45) is 0 Å². The van der Waals surface area contributed by atoms with Crippen LogP contribution in [-0.4, -0.2) is 17.0 Å². The van der Waals surface area contributed by atoms with E-state index in [1.807, 2.05) is 22.9 Å². The Labute approximate surface area is 96.8 Å². The van der Waals surface area contributed by atoms with Gasteiger partial charge in [-0.1, -0.05) is 0 Å². The van der Waals surface area contributed by atoms with E-state index in [1.54, 1.807) is 0 Å². The van der Waals surface area contributed by atoms with Gasteiger partial charge < -0.3 is 9.88 Å². The Hall–Kier alpha value is -1.69. The molecule has 0 aliphatic rings. The summed E-state index contributed by atoms with van der Waals surface area (Å²) in [6.45, 7) is 4.73. The second kappa shape index (κ2) is 6.02.